The van der Waals surface area contributed by atoms with Crippen molar-refractivity contribution in [3.05, 3.63) is 34.4 Å². The van der Waals surface area contributed by atoms with Crippen LogP contribution in [0.5, 0.6) is 0 Å². The molecule has 0 nitrogen and oxygen atoms in total. The predicted octanol–water partition coefficient (Wildman–Crippen LogP) is 2.80. The van der Waals surface area contributed by atoms with Crippen molar-refractivity contribution in [1.82, 2.24) is 0 Å². The molecule has 0 amide bonds. The van der Waals surface area contributed by atoms with Gasteiger partial charge in [-0.15, -0.1) is 0 Å². The first-order chi connectivity index (χ1) is 3.84. The minimum Gasteiger partial charge on any atom is -0.0922 e. The fourth-order valence-corrected chi connectivity index (χ4v) is 0.937. The smallest absolute Gasteiger partial charge is 0.0487 e. The lowest BCUT2D eigenvalue weighted by molar-refractivity contribution is 1.77. The van der Waals surface area contributed by atoms with Crippen molar-refractivity contribution < 1.29 is 0 Å². The van der Waals surface area contributed by atoms with Gasteiger partial charge in [0, 0.05) is 16.1 Å². The SMILES string of the molecule is Cl/C=C1/C=CC=C1Cl. The average Bonchev–Trinajstić information content (AvgIpc) is 2.14. The van der Waals surface area contributed by atoms with E-state index in [2.05, 4.69) is 0 Å². The zero-order valence-corrected chi connectivity index (χ0v) is 5.58. The Labute approximate surface area is 58.1 Å². The molecule has 8 heavy (non-hydrogen) atoms. The summed E-state index contributed by atoms with van der Waals surface area (Å²) in [5.74, 6) is 0. The predicted molar refractivity (Wildman–Crippen MR) is 37.0 cm³/mol. The summed E-state index contributed by atoms with van der Waals surface area (Å²) in [7, 11) is 0. The van der Waals surface area contributed by atoms with Gasteiger partial charge in [-0.2, -0.15) is 0 Å². The largest absolute Gasteiger partial charge is 0.0922 e. The van der Waals surface area contributed by atoms with E-state index >= 15 is 0 Å². The Kier molecular flexibility index (Phi) is 1.77. The quantitative estimate of drug-likeness (QED) is 0.494. The van der Waals surface area contributed by atoms with E-state index in [0.29, 0.717) is 5.03 Å². The molecule has 0 aromatic heterocycles. The molecule has 1 rings (SSSR count). The molecule has 0 fully saturated rings. The molecular formula is C6H4Cl2. The van der Waals surface area contributed by atoms with Crippen LogP contribution in [0.3, 0.4) is 0 Å². The van der Waals surface area contributed by atoms with Crippen LogP contribution >= 0.6 is 23.2 Å². The minimum absolute atomic E-state index is 0.708. The monoisotopic (exact) mass is 146 g/mol. The van der Waals surface area contributed by atoms with Gasteiger partial charge in [0.25, 0.3) is 0 Å². The lowest BCUT2D eigenvalue weighted by Gasteiger charge is -1.86. The van der Waals surface area contributed by atoms with Crippen molar-refractivity contribution in [2.24, 2.45) is 0 Å². The molecule has 0 saturated heterocycles. The minimum atomic E-state index is 0.708. The van der Waals surface area contributed by atoms with E-state index in [1.165, 1.54) is 5.54 Å². The van der Waals surface area contributed by atoms with Crippen LogP contribution in [0.25, 0.3) is 0 Å². The number of allylic oxidation sites excluding steroid dienone is 5. The molecule has 0 aromatic carbocycles. The Morgan fingerprint density at radius 3 is 2.50 bits per heavy atom. The highest BCUT2D eigenvalue weighted by molar-refractivity contribution is 6.35. The summed E-state index contributed by atoms with van der Waals surface area (Å²) in [6.45, 7) is 0. The highest BCUT2D eigenvalue weighted by Crippen LogP contribution is 2.21. The molecule has 0 N–H and O–H groups in total. The van der Waals surface area contributed by atoms with Crippen LogP contribution in [0.2, 0.25) is 0 Å². The molecule has 0 unspecified atom stereocenters. The fourth-order valence-electron chi connectivity index (χ4n) is 0.501. The molecule has 42 valence electrons. The first-order valence-electron chi connectivity index (χ1n) is 2.19. The Hall–Kier alpha value is -0.200. The van der Waals surface area contributed by atoms with Crippen molar-refractivity contribution in [2.75, 3.05) is 0 Å². The molecule has 2 heteroatoms. The zero-order valence-electron chi connectivity index (χ0n) is 4.07. The average molecular weight is 147 g/mol. The lowest BCUT2D eigenvalue weighted by Crippen LogP contribution is -1.66. The summed E-state index contributed by atoms with van der Waals surface area (Å²) in [5.41, 5.74) is 2.34. The highest BCUT2D eigenvalue weighted by atomic mass is 35.5. The van der Waals surface area contributed by atoms with Crippen LogP contribution in [-0.4, -0.2) is 0 Å². The summed E-state index contributed by atoms with van der Waals surface area (Å²) in [5, 5.41) is 0.708. The first-order valence-corrected chi connectivity index (χ1v) is 3.00. The number of hydrogen-bond donors (Lipinski definition) is 0. The third kappa shape index (κ3) is 0.960. The number of hydrogen-bond acceptors (Lipinski definition) is 0. The van der Waals surface area contributed by atoms with E-state index in [0.717, 1.165) is 5.57 Å². The summed E-state index contributed by atoms with van der Waals surface area (Å²) < 4.78 is 0. The number of rotatable bonds is 0. The molecule has 0 saturated carbocycles. The van der Waals surface area contributed by atoms with Gasteiger partial charge >= 0.3 is 0 Å². The van der Waals surface area contributed by atoms with Gasteiger partial charge < -0.3 is 0 Å². The van der Waals surface area contributed by atoms with Gasteiger partial charge in [0.05, 0.1) is 0 Å². The molecular weight excluding hydrogens is 143 g/mol. The summed E-state index contributed by atoms with van der Waals surface area (Å²) in [6, 6.07) is 0. The summed E-state index contributed by atoms with van der Waals surface area (Å²) >= 11 is 11.0. The van der Waals surface area contributed by atoms with Crippen LogP contribution in [0.1, 0.15) is 0 Å². The van der Waals surface area contributed by atoms with Crippen LogP contribution < -0.4 is 0 Å². The van der Waals surface area contributed by atoms with E-state index in [-0.39, 0.29) is 0 Å². The number of halogens is 2. The van der Waals surface area contributed by atoms with E-state index in [9.17, 15) is 0 Å². The van der Waals surface area contributed by atoms with Crippen molar-refractivity contribution >= 4 is 23.2 Å². The van der Waals surface area contributed by atoms with Crippen LogP contribution in [0, 0.1) is 0 Å². The van der Waals surface area contributed by atoms with E-state index in [4.69, 9.17) is 23.2 Å². The molecule has 0 bridgehead atoms. The van der Waals surface area contributed by atoms with Crippen molar-refractivity contribution in [3.8, 4) is 0 Å². The summed E-state index contributed by atoms with van der Waals surface area (Å²) in [6.07, 6.45) is 5.52. The van der Waals surface area contributed by atoms with Gasteiger partial charge in [0.1, 0.15) is 0 Å². The van der Waals surface area contributed by atoms with Crippen molar-refractivity contribution in [2.45, 2.75) is 0 Å². The molecule has 0 atom stereocenters. The van der Waals surface area contributed by atoms with Gasteiger partial charge in [-0.25, -0.2) is 0 Å². The first kappa shape index (κ1) is 5.93. The maximum Gasteiger partial charge on any atom is 0.0487 e. The van der Waals surface area contributed by atoms with Gasteiger partial charge in [-0.3, -0.25) is 0 Å². The molecule has 0 radical (unpaired) electrons. The van der Waals surface area contributed by atoms with Gasteiger partial charge in [-0.1, -0.05) is 35.4 Å². The fraction of sp³-hybridized carbons (Fsp3) is 0. The third-order valence-corrected chi connectivity index (χ3v) is 1.49. The molecule has 1 aliphatic rings. The van der Waals surface area contributed by atoms with Gasteiger partial charge in [0.15, 0.2) is 0 Å². The maximum absolute atomic E-state index is 5.62. The second kappa shape index (κ2) is 2.38. The maximum atomic E-state index is 5.62. The molecule has 0 heterocycles. The second-order valence-corrected chi connectivity index (χ2v) is 2.06. The molecule has 1 aliphatic carbocycles. The lowest BCUT2D eigenvalue weighted by atomic mass is 10.3. The van der Waals surface area contributed by atoms with Gasteiger partial charge in [-0.05, 0) is 6.08 Å². The standard InChI is InChI=1S/C6H4Cl2/c7-4-5-2-1-3-6(5)8/h1-4H/b5-4-. The second-order valence-electron chi connectivity index (χ2n) is 1.44. The highest BCUT2D eigenvalue weighted by Gasteiger charge is 1.99. The van der Waals surface area contributed by atoms with Crippen molar-refractivity contribution in [3.63, 3.8) is 0 Å². The molecule has 0 spiro atoms. The molecule has 0 aromatic rings. The van der Waals surface area contributed by atoms with Crippen LogP contribution in [0.15, 0.2) is 34.4 Å². The van der Waals surface area contributed by atoms with Crippen molar-refractivity contribution in [1.29, 1.82) is 0 Å². The van der Waals surface area contributed by atoms with E-state index in [1.807, 2.05) is 12.2 Å². The van der Waals surface area contributed by atoms with E-state index in [1.54, 1.807) is 6.08 Å². The zero-order chi connectivity index (χ0) is 5.98. The Morgan fingerprint density at radius 1 is 1.50 bits per heavy atom. The topological polar surface area (TPSA) is 0 Å². The Balaban J connectivity index is 2.88. The van der Waals surface area contributed by atoms with Gasteiger partial charge in [0.2, 0.25) is 0 Å². The normalized spacial score (nSPS) is 22.2. The third-order valence-electron chi connectivity index (χ3n) is 0.912. The molecule has 0 aliphatic heterocycles. The van der Waals surface area contributed by atoms with E-state index < -0.39 is 0 Å². The Bertz CT molecular complexity index is 175. The summed E-state index contributed by atoms with van der Waals surface area (Å²) in [4.78, 5) is 0. The Morgan fingerprint density at radius 2 is 2.25 bits per heavy atom. The van der Waals surface area contributed by atoms with Crippen LogP contribution in [0.4, 0.5) is 0 Å². The van der Waals surface area contributed by atoms with Crippen LogP contribution in [-0.2, 0) is 0 Å².